The van der Waals surface area contributed by atoms with E-state index in [1.54, 1.807) is 18.9 Å². The van der Waals surface area contributed by atoms with Gasteiger partial charge in [0.05, 0.1) is 6.61 Å². The van der Waals surface area contributed by atoms with Crippen LogP contribution in [0, 0.1) is 12.8 Å². The van der Waals surface area contributed by atoms with E-state index in [0.717, 1.165) is 54.3 Å². The number of carboxylic acid groups (broad SMARTS) is 1. The number of hydrogen-bond donors (Lipinski definition) is 2. The third-order valence-electron chi connectivity index (χ3n) is 8.50. The highest BCUT2D eigenvalue weighted by Crippen LogP contribution is 2.35. The zero-order valence-electron chi connectivity index (χ0n) is 24.8. The number of aliphatic carboxylic acids is 1. The van der Waals surface area contributed by atoms with Gasteiger partial charge in [-0.2, -0.15) is 23.5 Å². The topological polar surface area (TPSA) is 78.9 Å². The van der Waals surface area contributed by atoms with Gasteiger partial charge in [-0.25, -0.2) is 4.79 Å². The Hall–Kier alpha value is -2.00. The molecule has 2 fully saturated rings. The van der Waals surface area contributed by atoms with E-state index in [4.69, 9.17) is 4.74 Å². The highest BCUT2D eigenvalue weighted by Gasteiger charge is 2.33. The van der Waals surface area contributed by atoms with E-state index in [0.29, 0.717) is 29.0 Å². The van der Waals surface area contributed by atoms with Crippen molar-refractivity contribution in [1.29, 1.82) is 0 Å². The minimum atomic E-state index is -1.00. The fourth-order valence-electron chi connectivity index (χ4n) is 6.19. The molecule has 4 rings (SSSR count). The van der Waals surface area contributed by atoms with Crippen molar-refractivity contribution < 1.29 is 19.4 Å². The molecule has 0 aromatic heterocycles. The molecule has 232 valence electrons. The van der Waals surface area contributed by atoms with Gasteiger partial charge in [-0.1, -0.05) is 57.0 Å². The van der Waals surface area contributed by atoms with E-state index >= 15 is 0 Å². The number of carbonyl (C=O) groups excluding carboxylic acids is 1. The number of rotatable bonds is 14. The number of amides is 1. The van der Waals surface area contributed by atoms with Crippen LogP contribution in [-0.4, -0.2) is 77.2 Å². The highest BCUT2D eigenvalue weighted by molar-refractivity contribution is 8.00. The summed E-state index contributed by atoms with van der Waals surface area (Å²) >= 11 is 3.73. The summed E-state index contributed by atoms with van der Waals surface area (Å²) in [6, 6.07) is 13.6. The Morgan fingerprint density at radius 3 is 2.57 bits per heavy atom. The number of likely N-dealkylation sites (tertiary alicyclic amines) is 1. The molecule has 0 spiro atoms. The van der Waals surface area contributed by atoms with Crippen LogP contribution >= 0.6 is 23.5 Å². The van der Waals surface area contributed by atoms with E-state index in [1.165, 1.54) is 37.9 Å². The van der Waals surface area contributed by atoms with Crippen LogP contribution in [0.25, 0.3) is 11.1 Å². The van der Waals surface area contributed by atoms with Crippen LogP contribution in [-0.2, 0) is 16.1 Å². The number of nitrogens with one attached hydrogen (secondary N) is 1. The van der Waals surface area contributed by atoms with E-state index in [2.05, 4.69) is 28.0 Å². The molecule has 8 heteroatoms. The van der Waals surface area contributed by atoms with Crippen LogP contribution < -0.4 is 5.32 Å². The summed E-state index contributed by atoms with van der Waals surface area (Å²) in [4.78, 5) is 27.8. The normalized spacial score (nSPS) is 20.2. The van der Waals surface area contributed by atoms with Crippen molar-refractivity contribution in [2.24, 2.45) is 5.92 Å². The fourth-order valence-corrected chi connectivity index (χ4v) is 8.20. The maximum Gasteiger partial charge on any atom is 0.326 e. The van der Waals surface area contributed by atoms with Crippen molar-refractivity contribution in [3.8, 4) is 11.1 Å². The molecule has 6 nitrogen and oxygen atoms in total. The van der Waals surface area contributed by atoms with Crippen molar-refractivity contribution in [2.75, 3.05) is 38.0 Å². The van der Waals surface area contributed by atoms with Gasteiger partial charge >= 0.3 is 5.97 Å². The quantitative estimate of drug-likeness (QED) is 0.234. The van der Waals surface area contributed by atoms with Crippen LogP contribution in [0.4, 0.5) is 0 Å². The number of nitrogens with zero attached hydrogens (tertiary/aromatic N) is 1. The van der Waals surface area contributed by atoms with Crippen LogP contribution in [0.2, 0.25) is 0 Å². The number of thioether (sulfide) groups is 2. The summed E-state index contributed by atoms with van der Waals surface area (Å²) in [6.45, 7) is 4.60. The first-order valence-corrected chi connectivity index (χ1v) is 17.4. The fraction of sp³-hybridized carbons (Fsp3) is 0.588. The molecule has 0 radical (unpaired) electrons. The second-order valence-electron chi connectivity index (χ2n) is 11.6. The number of benzene rings is 2. The molecule has 2 N–H and O–H groups in total. The SMILES string of the molecule is C.COC[C@@H]1C[C@H](SCC2CCCCC2)CN1Cc1ccc(C(=O)N[C@@H](CCSC)C(=O)O)c(-c2ccccc2C)c1. The van der Waals surface area contributed by atoms with Gasteiger partial charge in [0.25, 0.3) is 5.91 Å². The summed E-state index contributed by atoms with van der Waals surface area (Å²) in [5.74, 6) is 1.46. The Labute approximate surface area is 261 Å². The van der Waals surface area contributed by atoms with Crippen molar-refractivity contribution >= 4 is 35.4 Å². The molecular weight excluding hydrogens is 565 g/mol. The average molecular weight is 615 g/mol. The molecule has 2 aromatic carbocycles. The molecule has 42 heavy (non-hydrogen) atoms. The zero-order valence-corrected chi connectivity index (χ0v) is 26.4. The van der Waals surface area contributed by atoms with Crippen molar-refractivity contribution in [2.45, 2.75) is 83.2 Å². The van der Waals surface area contributed by atoms with Crippen molar-refractivity contribution in [3.05, 3.63) is 59.2 Å². The number of methoxy groups -OCH3 is 1. The summed E-state index contributed by atoms with van der Waals surface area (Å²) in [6.07, 6.45) is 10.4. The molecular formula is C34H50N2O4S2. The van der Waals surface area contributed by atoms with Crippen LogP contribution in [0.3, 0.4) is 0 Å². The van der Waals surface area contributed by atoms with E-state index in [-0.39, 0.29) is 13.3 Å². The number of aryl methyl sites for hydroxylation is 1. The van der Waals surface area contributed by atoms with Gasteiger partial charge in [-0.15, -0.1) is 0 Å². The van der Waals surface area contributed by atoms with Crippen LogP contribution in [0.15, 0.2) is 42.5 Å². The van der Waals surface area contributed by atoms with Crippen LogP contribution in [0.1, 0.15) is 73.9 Å². The summed E-state index contributed by atoms with van der Waals surface area (Å²) < 4.78 is 5.63. The summed E-state index contributed by atoms with van der Waals surface area (Å²) in [5, 5.41) is 13.1. The Bertz CT molecular complexity index is 1150. The molecule has 1 aliphatic carbocycles. The standard InChI is InChI=1S/C33H46N2O4S2.CH4/c1-23-9-7-8-12-28(23)30-17-25(13-14-29(30)32(36)34-31(33(37)38)15-16-40-3)19-35-20-27(18-26(35)21-39-2)41-22-24-10-5-4-6-11-24;/h7-9,12-14,17,24,26-27,31H,4-6,10-11,15-16,18-22H2,1-3H3,(H,34,36)(H,37,38);1H4/t26-,27-,31-;/m0./s1. The van der Waals surface area contributed by atoms with Gasteiger partial charge in [0, 0.05) is 37.1 Å². The first-order valence-electron chi connectivity index (χ1n) is 15.0. The van der Waals surface area contributed by atoms with Crippen molar-refractivity contribution in [1.82, 2.24) is 10.2 Å². The molecule has 1 saturated carbocycles. The molecule has 1 aliphatic heterocycles. The lowest BCUT2D eigenvalue weighted by Gasteiger charge is -2.25. The summed E-state index contributed by atoms with van der Waals surface area (Å²) in [5.41, 5.74) is 4.57. The zero-order chi connectivity index (χ0) is 29.2. The third kappa shape index (κ3) is 9.50. The minimum absolute atomic E-state index is 0. The molecule has 1 amide bonds. The first kappa shape index (κ1) is 34.5. The van der Waals surface area contributed by atoms with Gasteiger partial charge in [0.15, 0.2) is 0 Å². The van der Waals surface area contributed by atoms with E-state index in [1.807, 2.05) is 49.6 Å². The number of carboxylic acids is 1. The molecule has 0 bridgehead atoms. The lowest BCUT2D eigenvalue weighted by atomic mass is 9.91. The molecule has 3 atom stereocenters. The van der Waals surface area contributed by atoms with Gasteiger partial charge in [0.2, 0.25) is 0 Å². The Kier molecular flexibility index (Phi) is 14.2. The lowest BCUT2D eigenvalue weighted by molar-refractivity contribution is -0.139. The molecule has 2 aromatic rings. The Morgan fingerprint density at radius 1 is 1.12 bits per heavy atom. The summed E-state index contributed by atoms with van der Waals surface area (Å²) in [7, 11) is 1.79. The van der Waals surface area contributed by atoms with E-state index in [9.17, 15) is 14.7 Å². The van der Waals surface area contributed by atoms with Gasteiger partial charge in [0.1, 0.15) is 6.04 Å². The second-order valence-corrected chi connectivity index (χ2v) is 13.9. The Morgan fingerprint density at radius 2 is 1.88 bits per heavy atom. The van der Waals surface area contributed by atoms with Gasteiger partial charge < -0.3 is 15.2 Å². The molecule has 1 saturated heterocycles. The van der Waals surface area contributed by atoms with Crippen LogP contribution in [0.5, 0.6) is 0 Å². The van der Waals surface area contributed by atoms with Crippen molar-refractivity contribution in [3.63, 3.8) is 0 Å². The largest absolute Gasteiger partial charge is 0.480 e. The molecule has 2 aliphatic rings. The predicted octanol–water partition coefficient (Wildman–Crippen LogP) is 7.14. The smallest absolute Gasteiger partial charge is 0.326 e. The highest BCUT2D eigenvalue weighted by atomic mass is 32.2. The number of carbonyl (C=O) groups is 2. The first-order chi connectivity index (χ1) is 19.9. The number of hydrogen-bond acceptors (Lipinski definition) is 6. The van der Waals surface area contributed by atoms with Gasteiger partial charge in [-0.05, 0) is 90.7 Å². The minimum Gasteiger partial charge on any atom is -0.480 e. The predicted molar refractivity (Wildman–Crippen MR) is 179 cm³/mol. The lowest BCUT2D eigenvalue weighted by Crippen LogP contribution is -2.41. The Balaban J connectivity index is 0.00000484. The average Bonchev–Trinajstić information content (AvgIpc) is 3.35. The monoisotopic (exact) mass is 614 g/mol. The van der Waals surface area contributed by atoms with Gasteiger partial charge in [-0.3, -0.25) is 9.69 Å². The third-order valence-corrected chi connectivity index (χ3v) is 10.6. The number of ether oxygens (including phenoxy) is 1. The maximum absolute atomic E-state index is 13.5. The molecule has 1 heterocycles. The molecule has 0 unspecified atom stereocenters. The van der Waals surface area contributed by atoms with E-state index < -0.39 is 12.0 Å². The maximum atomic E-state index is 13.5. The second kappa shape index (κ2) is 17.3.